The van der Waals surface area contributed by atoms with Gasteiger partial charge in [-0.2, -0.15) is 13.2 Å². The molecule has 0 bridgehead atoms. The number of carbonyl (C=O) groups excluding carboxylic acids is 1. The fourth-order valence-electron chi connectivity index (χ4n) is 1.37. The number of alkyl halides is 3. The number of carbonyl (C=O) groups is 1. The summed E-state index contributed by atoms with van der Waals surface area (Å²) in [6.07, 6.45) is -4.27. The van der Waals surface area contributed by atoms with Gasteiger partial charge in [0.1, 0.15) is 5.75 Å². The summed E-state index contributed by atoms with van der Waals surface area (Å²) in [5.74, 6) is -1.00. The Morgan fingerprint density at radius 3 is 2.33 bits per heavy atom. The standard InChI is InChI=1S/C13H15F3O2/c1-2-9-18-11-6-3-10(4-7-11)5-8-12(17)13(14,15)16/h3-4,6-7H,2,5,8-9H2,1H3. The summed E-state index contributed by atoms with van der Waals surface area (Å²) in [5, 5.41) is 0. The van der Waals surface area contributed by atoms with E-state index in [9.17, 15) is 18.0 Å². The predicted octanol–water partition coefficient (Wildman–Crippen LogP) is 3.54. The number of benzene rings is 1. The topological polar surface area (TPSA) is 26.3 Å². The van der Waals surface area contributed by atoms with Gasteiger partial charge < -0.3 is 4.74 Å². The molecule has 0 aromatic heterocycles. The Morgan fingerprint density at radius 1 is 1.22 bits per heavy atom. The average Bonchev–Trinajstić information content (AvgIpc) is 2.33. The molecule has 0 N–H and O–H groups in total. The Hall–Kier alpha value is -1.52. The minimum atomic E-state index is -4.73. The minimum Gasteiger partial charge on any atom is -0.494 e. The van der Waals surface area contributed by atoms with Crippen LogP contribution in [0.3, 0.4) is 0 Å². The van der Waals surface area contributed by atoms with Gasteiger partial charge in [0.2, 0.25) is 5.78 Å². The van der Waals surface area contributed by atoms with Crippen LogP contribution in [0.1, 0.15) is 25.3 Å². The number of hydrogen-bond acceptors (Lipinski definition) is 2. The molecule has 18 heavy (non-hydrogen) atoms. The van der Waals surface area contributed by atoms with E-state index in [4.69, 9.17) is 4.74 Å². The van der Waals surface area contributed by atoms with Crippen LogP contribution in [0.2, 0.25) is 0 Å². The Morgan fingerprint density at radius 2 is 1.83 bits per heavy atom. The van der Waals surface area contributed by atoms with Gasteiger partial charge in [-0.3, -0.25) is 4.79 Å². The van der Waals surface area contributed by atoms with Crippen molar-refractivity contribution in [2.75, 3.05) is 6.61 Å². The lowest BCUT2D eigenvalue weighted by Crippen LogP contribution is -2.22. The molecule has 0 aliphatic rings. The second-order valence-electron chi connectivity index (χ2n) is 3.91. The summed E-state index contributed by atoms with van der Waals surface area (Å²) in [7, 11) is 0. The number of ether oxygens (including phenoxy) is 1. The van der Waals surface area contributed by atoms with Gasteiger partial charge in [-0.1, -0.05) is 19.1 Å². The molecule has 5 heteroatoms. The predicted molar refractivity (Wildman–Crippen MR) is 61.6 cm³/mol. The van der Waals surface area contributed by atoms with Crippen LogP contribution in [0.4, 0.5) is 13.2 Å². The highest BCUT2D eigenvalue weighted by Crippen LogP contribution is 2.20. The van der Waals surface area contributed by atoms with Gasteiger partial charge in [0.05, 0.1) is 6.61 Å². The fraction of sp³-hybridized carbons (Fsp3) is 0.462. The van der Waals surface area contributed by atoms with E-state index in [1.54, 1.807) is 24.3 Å². The molecule has 0 saturated carbocycles. The number of hydrogen-bond donors (Lipinski definition) is 0. The van der Waals surface area contributed by atoms with E-state index in [-0.39, 0.29) is 6.42 Å². The minimum absolute atomic E-state index is 0.0897. The number of rotatable bonds is 6. The molecule has 0 aliphatic heterocycles. The van der Waals surface area contributed by atoms with Crippen molar-refractivity contribution in [2.45, 2.75) is 32.4 Å². The Labute approximate surface area is 104 Å². The summed E-state index contributed by atoms with van der Waals surface area (Å²) < 4.78 is 41.3. The molecule has 0 atom stereocenters. The van der Waals surface area contributed by atoms with Crippen LogP contribution in [0, 0.1) is 0 Å². The molecule has 1 aromatic rings. The molecule has 0 radical (unpaired) electrons. The maximum absolute atomic E-state index is 12.0. The maximum atomic E-state index is 12.0. The molecule has 0 spiro atoms. The molecule has 0 aliphatic carbocycles. The largest absolute Gasteiger partial charge is 0.494 e. The van der Waals surface area contributed by atoms with Crippen LogP contribution >= 0.6 is 0 Å². The third-order valence-electron chi connectivity index (χ3n) is 2.35. The zero-order chi connectivity index (χ0) is 13.6. The molecular weight excluding hydrogens is 245 g/mol. The Balaban J connectivity index is 2.46. The van der Waals surface area contributed by atoms with Gasteiger partial charge in [-0.25, -0.2) is 0 Å². The summed E-state index contributed by atoms with van der Waals surface area (Å²) >= 11 is 0. The van der Waals surface area contributed by atoms with Gasteiger partial charge in [0, 0.05) is 6.42 Å². The third-order valence-corrected chi connectivity index (χ3v) is 2.35. The molecular formula is C13H15F3O2. The monoisotopic (exact) mass is 260 g/mol. The molecule has 0 unspecified atom stereocenters. The highest BCUT2D eigenvalue weighted by molar-refractivity contribution is 5.84. The van der Waals surface area contributed by atoms with Crippen molar-refractivity contribution in [1.82, 2.24) is 0 Å². The lowest BCUT2D eigenvalue weighted by Gasteiger charge is -2.07. The van der Waals surface area contributed by atoms with Crippen LogP contribution in [0.15, 0.2) is 24.3 Å². The van der Waals surface area contributed by atoms with E-state index in [2.05, 4.69) is 0 Å². The van der Waals surface area contributed by atoms with Crippen molar-refractivity contribution in [3.8, 4) is 5.75 Å². The van der Waals surface area contributed by atoms with Crippen molar-refractivity contribution in [3.63, 3.8) is 0 Å². The third kappa shape index (κ3) is 4.77. The van der Waals surface area contributed by atoms with Crippen LogP contribution in [0.25, 0.3) is 0 Å². The first-order valence-electron chi connectivity index (χ1n) is 5.75. The van der Waals surface area contributed by atoms with Crippen molar-refractivity contribution >= 4 is 5.78 Å². The molecule has 1 rings (SSSR count). The van der Waals surface area contributed by atoms with E-state index in [1.165, 1.54) is 0 Å². The smallest absolute Gasteiger partial charge is 0.449 e. The van der Waals surface area contributed by atoms with Crippen molar-refractivity contribution < 1.29 is 22.7 Å². The molecule has 1 aromatic carbocycles. The van der Waals surface area contributed by atoms with Crippen molar-refractivity contribution in [1.29, 1.82) is 0 Å². The van der Waals surface area contributed by atoms with Gasteiger partial charge in [0.15, 0.2) is 0 Å². The maximum Gasteiger partial charge on any atom is 0.449 e. The highest BCUT2D eigenvalue weighted by Gasteiger charge is 2.37. The lowest BCUT2D eigenvalue weighted by molar-refractivity contribution is -0.171. The average molecular weight is 260 g/mol. The lowest BCUT2D eigenvalue weighted by atomic mass is 10.1. The van der Waals surface area contributed by atoms with E-state index >= 15 is 0 Å². The zero-order valence-electron chi connectivity index (χ0n) is 10.1. The molecule has 100 valence electrons. The van der Waals surface area contributed by atoms with Crippen molar-refractivity contribution in [2.24, 2.45) is 0 Å². The number of aryl methyl sites for hydroxylation is 1. The second-order valence-corrected chi connectivity index (χ2v) is 3.91. The quantitative estimate of drug-likeness (QED) is 0.782. The molecule has 0 heterocycles. The van der Waals surface area contributed by atoms with Gasteiger partial charge in [-0.05, 0) is 30.5 Å². The zero-order valence-corrected chi connectivity index (χ0v) is 10.1. The first-order valence-corrected chi connectivity index (χ1v) is 5.75. The normalized spacial score (nSPS) is 11.3. The van der Waals surface area contributed by atoms with Crippen molar-refractivity contribution in [3.05, 3.63) is 29.8 Å². The SMILES string of the molecule is CCCOc1ccc(CCC(=O)C(F)(F)F)cc1. The Bertz CT molecular complexity index is 382. The van der Waals surface area contributed by atoms with Gasteiger partial charge >= 0.3 is 6.18 Å². The Kier molecular flexibility index (Phi) is 5.19. The fourth-order valence-corrected chi connectivity index (χ4v) is 1.37. The molecule has 2 nitrogen and oxygen atoms in total. The summed E-state index contributed by atoms with van der Waals surface area (Å²) in [5.41, 5.74) is 0.691. The van der Waals surface area contributed by atoms with Crippen LogP contribution in [0.5, 0.6) is 5.75 Å². The van der Waals surface area contributed by atoms with E-state index < -0.39 is 18.4 Å². The summed E-state index contributed by atoms with van der Waals surface area (Å²) in [4.78, 5) is 10.7. The van der Waals surface area contributed by atoms with Crippen LogP contribution in [-0.4, -0.2) is 18.6 Å². The molecule has 0 fully saturated rings. The second kappa shape index (κ2) is 6.42. The number of halogens is 3. The summed E-state index contributed by atoms with van der Waals surface area (Å²) in [6, 6.07) is 6.75. The number of ketones is 1. The van der Waals surface area contributed by atoms with Crippen LogP contribution in [-0.2, 0) is 11.2 Å². The van der Waals surface area contributed by atoms with E-state index in [1.807, 2.05) is 6.92 Å². The van der Waals surface area contributed by atoms with E-state index in [0.717, 1.165) is 6.42 Å². The highest BCUT2D eigenvalue weighted by atomic mass is 19.4. The van der Waals surface area contributed by atoms with Gasteiger partial charge in [0.25, 0.3) is 0 Å². The van der Waals surface area contributed by atoms with Crippen LogP contribution < -0.4 is 4.74 Å². The first kappa shape index (κ1) is 14.5. The van der Waals surface area contributed by atoms with Gasteiger partial charge in [-0.15, -0.1) is 0 Å². The molecule has 0 amide bonds. The first-order chi connectivity index (χ1) is 8.43. The molecule has 0 saturated heterocycles. The summed E-state index contributed by atoms with van der Waals surface area (Å²) in [6.45, 7) is 2.59. The van der Waals surface area contributed by atoms with E-state index in [0.29, 0.717) is 17.9 Å². The number of Topliss-reactive ketones (excluding diaryl/α,β-unsaturated/α-hetero) is 1.